The Kier molecular flexibility index (Phi) is 8.63. The zero-order valence-corrected chi connectivity index (χ0v) is 27.5. The van der Waals surface area contributed by atoms with Crippen LogP contribution in [0.25, 0.3) is 27.5 Å². The van der Waals surface area contributed by atoms with E-state index in [2.05, 4.69) is 36.1 Å². The second-order valence-corrected chi connectivity index (χ2v) is 15.0. The van der Waals surface area contributed by atoms with Crippen molar-refractivity contribution in [3.8, 4) is 21.8 Å². The van der Waals surface area contributed by atoms with Crippen LogP contribution < -0.4 is 10.2 Å². The summed E-state index contributed by atoms with van der Waals surface area (Å²) in [6.45, 7) is 9.55. The molecule has 12 nitrogen and oxygen atoms in total. The summed E-state index contributed by atoms with van der Waals surface area (Å²) >= 11 is 1.60. The van der Waals surface area contributed by atoms with E-state index in [1.807, 2.05) is 34.7 Å². The third kappa shape index (κ3) is 6.18. The van der Waals surface area contributed by atoms with Crippen molar-refractivity contribution in [3.05, 3.63) is 53.7 Å². The van der Waals surface area contributed by atoms with Crippen molar-refractivity contribution < 1.29 is 18.0 Å². The van der Waals surface area contributed by atoms with Crippen molar-refractivity contribution in [2.75, 3.05) is 50.4 Å². The predicted molar refractivity (Wildman–Crippen MR) is 175 cm³/mol. The SMILES string of the molecule is CCN(CC)C(C)CNC(=O)c1cc(-c2cnn3ccc(-c4cccs4)nc23)nc(N2CC[C@H]2C(=O)N2CC(S(C)(=O)=O)C2)c1. The number of anilines is 1. The van der Waals surface area contributed by atoms with Crippen LogP contribution in [0.2, 0.25) is 0 Å². The highest BCUT2D eigenvalue weighted by atomic mass is 32.2. The fourth-order valence-corrected chi connectivity index (χ4v) is 7.48. The fraction of sp³-hybridized carbons (Fsp3) is 0.452. The molecule has 4 aromatic rings. The number of fused-ring (bicyclic) bond motifs is 1. The summed E-state index contributed by atoms with van der Waals surface area (Å²) in [6.07, 6.45) is 5.38. The second-order valence-electron chi connectivity index (χ2n) is 11.7. The third-order valence-electron chi connectivity index (χ3n) is 8.85. The normalized spacial score (nSPS) is 17.8. The monoisotopic (exact) mass is 650 g/mol. The fourth-order valence-electron chi connectivity index (χ4n) is 5.88. The van der Waals surface area contributed by atoms with Gasteiger partial charge in [-0.05, 0) is 56.1 Å². The average molecular weight is 651 g/mol. The van der Waals surface area contributed by atoms with Crippen LogP contribution in [-0.2, 0) is 14.6 Å². The van der Waals surface area contributed by atoms with E-state index in [4.69, 9.17) is 9.97 Å². The Hall–Kier alpha value is -3.88. The number of carbonyl (C=O) groups excluding carboxylic acids is 2. The first-order valence-corrected chi connectivity index (χ1v) is 18.1. The molecule has 1 unspecified atom stereocenters. The number of nitrogens with one attached hydrogen (secondary N) is 1. The van der Waals surface area contributed by atoms with Crippen molar-refractivity contribution >= 4 is 44.5 Å². The summed E-state index contributed by atoms with van der Waals surface area (Å²) < 4.78 is 25.5. The first kappa shape index (κ1) is 31.1. The van der Waals surface area contributed by atoms with Crippen molar-refractivity contribution in [2.45, 2.75) is 44.5 Å². The van der Waals surface area contributed by atoms with Crippen LogP contribution in [0.5, 0.6) is 0 Å². The van der Waals surface area contributed by atoms with E-state index in [0.717, 1.165) is 23.7 Å². The molecule has 0 aromatic carbocycles. The van der Waals surface area contributed by atoms with E-state index in [1.165, 1.54) is 6.26 Å². The van der Waals surface area contributed by atoms with Gasteiger partial charge in [-0.3, -0.25) is 14.5 Å². The molecule has 0 bridgehead atoms. The Morgan fingerprint density at radius 3 is 2.56 bits per heavy atom. The van der Waals surface area contributed by atoms with E-state index in [9.17, 15) is 18.0 Å². The number of rotatable bonds is 11. The molecule has 45 heavy (non-hydrogen) atoms. The molecule has 14 heteroatoms. The van der Waals surface area contributed by atoms with E-state index < -0.39 is 21.1 Å². The summed E-state index contributed by atoms with van der Waals surface area (Å²) in [5.41, 5.74) is 3.04. The van der Waals surface area contributed by atoms with Gasteiger partial charge in [0.1, 0.15) is 11.9 Å². The number of hydrogen-bond donors (Lipinski definition) is 1. The number of sulfone groups is 1. The van der Waals surface area contributed by atoms with Gasteiger partial charge in [0.15, 0.2) is 15.5 Å². The minimum atomic E-state index is -3.20. The molecule has 2 fully saturated rings. The highest BCUT2D eigenvalue weighted by molar-refractivity contribution is 7.91. The molecule has 0 saturated carbocycles. The molecule has 2 atom stereocenters. The lowest BCUT2D eigenvalue weighted by Crippen LogP contribution is -2.64. The molecule has 6 rings (SSSR count). The largest absolute Gasteiger partial charge is 0.350 e. The molecule has 0 spiro atoms. The van der Waals surface area contributed by atoms with Crippen molar-refractivity contribution in [2.24, 2.45) is 0 Å². The number of aromatic nitrogens is 4. The molecular formula is C31H38N8O4S2. The third-order valence-corrected chi connectivity index (χ3v) is 11.3. The lowest BCUT2D eigenvalue weighted by molar-refractivity contribution is -0.137. The van der Waals surface area contributed by atoms with Gasteiger partial charge in [0.2, 0.25) is 5.91 Å². The van der Waals surface area contributed by atoms with Crippen LogP contribution in [0, 0.1) is 0 Å². The zero-order valence-electron chi connectivity index (χ0n) is 25.9. The van der Waals surface area contributed by atoms with Crippen LogP contribution >= 0.6 is 11.3 Å². The lowest BCUT2D eigenvalue weighted by atomic mass is 9.99. The average Bonchev–Trinajstić information content (AvgIpc) is 3.64. The first-order chi connectivity index (χ1) is 21.6. The van der Waals surface area contributed by atoms with Gasteiger partial charge in [-0.15, -0.1) is 11.3 Å². The molecule has 2 aliphatic rings. The Balaban J connectivity index is 1.33. The Morgan fingerprint density at radius 1 is 1.13 bits per heavy atom. The maximum atomic E-state index is 13.6. The van der Waals surface area contributed by atoms with E-state index in [1.54, 1.807) is 39.1 Å². The van der Waals surface area contributed by atoms with Crippen LogP contribution in [-0.4, -0.2) is 112 Å². The van der Waals surface area contributed by atoms with Crippen LogP contribution in [0.1, 0.15) is 37.6 Å². The van der Waals surface area contributed by atoms with E-state index in [0.29, 0.717) is 47.8 Å². The topological polar surface area (TPSA) is 133 Å². The van der Waals surface area contributed by atoms with Gasteiger partial charge in [0.05, 0.1) is 33.3 Å². The van der Waals surface area contributed by atoms with Crippen molar-refractivity contribution in [3.63, 3.8) is 0 Å². The number of pyridine rings is 1. The number of likely N-dealkylation sites (tertiary alicyclic amines) is 1. The molecule has 2 aliphatic heterocycles. The molecule has 0 aliphatic carbocycles. The van der Waals surface area contributed by atoms with Crippen LogP contribution in [0.15, 0.2) is 48.1 Å². The first-order valence-electron chi connectivity index (χ1n) is 15.2. The Morgan fingerprint density at radius 2 is 1.91 bits per heavy atom. The number of carbonyl (C=O) groups is 2. The summed E-state index contributed by atoms with van der Waals surface area (Å²) in [4.78, 5) is 43.6. The summed E-state index contributed by atoms with van der Waals surface area (Å²) in [5, 5.41) is 9.06. The molecule has 1 N–H and O–H groups in total. The predicted octanol–water partition coefficient (Wildman–Crippen LogP) is 2.81. The zero-order chi connectivity index (χ0) is 31.9. The van der Waals surface area contributed by atoms with Gasteiger partial charge in [0.25, 0.3) is 5.91 Å². The minimum absolute atomic E-state index is 0.120. The lowest BCUT2D eigenvalue weighted by Gasteiger charge is -2.47. The summed E-state index contributed by atoms with van der Waals surface area (Å²) in [7, 11) is -3.20. The smallest absolute Gasteiger partial charge is 0.251 e. The molecular weight excluding hydrogens is 613 g/mol. The maximum absolute atomic E-state index is 13.6. The molecule has 238 valence electrons. The van der Waals surface area contributed by atoms with Crippen molar-refractivity contribution in [1.82, 2.24) is 34.7 Å². The van der Waals surface area contributed by atoms with Gasteiger partial charge < -0.3 is 15.1 Å². The molecule has 4 aromatic heterocycles. The Labute approximate surface area is 267 Å². The number of amides is 2. The van der Waals surface area contributed by atoms with Gasteiger partial charge in [-0.2, -0.15) is 5.10 Å². The molecule has 6 heterocycles. The van der Waals surface area contributed by atoms with E-state index >= 15 is 0 Å². The number of likely N-dealkylation sites (N-methyl/N-ethyl adjacent to an activating group) is 1. The number of hydrogen-bond acceptors (Lipinski definition) is 10. The highest BCUT2D eigenvalue weighted by Crippen LogP contribution is 2.33. The minimum Gasteiger partial charge on any atom is -0.350 e. The van der Waals surface area contributed by atoms with Gasteiger partial charge >= 0.3 is 0 Å². The van der Waals surface area contributed by atoms with E-state index in [-0.39, 0.29) is 30.9 Å². The molecule has 2 amide bonds. The second kappa shape index (κ2) is 12.5. The molecule has 0 radical (unpaired) electrons. The van der Waals surface area contributed by atoms with Gasteiger partial charge in [0, 0.05) is 50.2 Å². The van der Waals surface area contributed by atoms with Crippen LogP contribution in [0.3, 0.4) is 0 Å². The summed E-state index contributed by atoms with van der Waals surface area (Å²) in [5.74, 6) is 0.156. The molecule has 2 saturated heterocycles. The quantitative estimate of drug-likeness (QED) is 0.260. The number of nitrogens with zero attached hydrogens (tertiary/aromatic N) is 7. The standard InChI is InChI=1S/C31H38N8O4S2/c1-5-36(6-2)20(3)16-32-30(40)21-14-25(23-17-33-39-12-9-24(35-29(23)39)27-8-7-13-44-27)34-28(15-21)38-11-10-26(38)31(41)37-18-22(19-37)45(4,42)43/h7-9,12-15,17,20,22,26H,5-6,10-11,16,18-19H2,1-4H3,(H,32,40)/t20?,26-/m0/s1. The van der Waals surface area contributed by atoms with Crippen molar-refractivity contribution in [1.29, 1.82) is 0 Å². The van der Waals surface area contributed by atoms with Gasteiger partial charge in [-0.1, -0.05) is 19.9 Å². The maximum Gasteiger partial charge on any atom is 0.251 e. The Bertz CT molecular complexity index is 1810. The highest BCUT2D eigenvalue weighted by Gasteiger charge is 2.44. The van der Waals surface area contributed by atoms with Crippen LogP contribution in [0.4, 0.5) is 5.82 Å². The number of thiophene rings is 1. The van der Waals surface area contributed by atoms with Gasteiger partial charge in [-0.25, -0.2) is 22.9 Å². The summed E-state index contributed by atoms with van der Waals surface area (Å²) in [6, 6.07) is 9.07.